The molecule has 2 rings (SSSR count). The van der Waals surface area contributed by atoms with E-state index in [2.05, 4.69) is 15.4 Å². The second-order valence-electron chi connectivity index (χ2n) is 6.62. The van der Waals surface area contributed by atoms with Crippen molar-refractivity contribution >= 4 is 18.0 Å². The molecule has 0 atom stereocenters. The Morgan fingerprint density at radius 2 is 1.52 bits per heavy atom. The zero-order valence-corrected chi connectivity index (χ0v) is 17.8. The van der Waals surface area contributed by atoms with Crippen LogP contribution in [0, 0.1) is 0 Å². The first-order valence-corrected chi connectivity index (χ1v) is 10.1. The molecule has 0 bridgehead atoms. The van der Waals surface area contributed by atoms with Gasteiger partial charge in [-0.15, -0.1) is 0 Å². The van der Waals surface area contributed by atoms with Gasteiger partial charge in [0.2, 0.25) is 5.91 Å². The van der Waals surface area contributed by atoms with Crippen molar-refractivity contribution in [2.75, 3.05) is 26.8 Å². The minimum absolute atomic E-state index is 0.0284. The third-order valence-electron chi connectivity index (χ3n) is 4.34. The molecular formula is C23H28N2O6. The van der Waals surface area contributed by atoms with Gasteiger partial charge in [0.25, 0.3) is 5.91 Å². The second kappa shape index (κ2) is 12.9. The molecule has 0 aliphatic heterocycles. The Morgan fingerprint density at radius 1 is 0.871 bits per heavy atom. The van der Waals surface area contributed by atoms with Gasteiger partial charge in [0, 0.05) is 25.1 Å². The van der Waals surface area contributed by atoms with Gasteiger partial charge in [-0.25, -0.2) is 4.79 Å². The Labute approximate surface area is 181 Å². The van der Waals surface area contributed by atoms with Crippen LogP contribution in [0.25, 0.3) is 0 Å². The van der Waals surface area contributed by atoms with Crippen molar-refractivity contribution in [3.05, 3.63) is 59.7 Å². The van der Waals surface area contributed by atoms with Gasteiger partial charge in [-0.1, -0.05) is 12.1 Å². The predicted molar refractivity (Wildman–Crippen MR) is 115 cm³/mol. The van der Waals surface area contributed by atoms with Crippen LogP contribution in [-0.4, -0.2) is 44.8 Å². The summed E-state index contributed by atoms with van der Waals surface area (Å²) in [6, 6.07) is 13.8. The van der Waals surface area contributed by atoms with E-state index in [1.165, 1.54) is 12.1 Å². The second-order valence-corrected chi connectivity index (χ2v) is 6.62. The topological polar surface area (TPSA) is 103 Å². The highest BCUT2D eigenvalue weighted by molar-refractivity contribution is 5.94. The van der Waals surface area contributed by atoms with Crippen LogP contribution < -0.4 is 20.1 Å². The van der Waals surface area contributed by atoms with Crippen LogP contribution in [-0.2, 0) is 16.0 Å². The van der Waals surface area contributed by atoms with E-state index in [1.807, 2.05) is 24.3 Å². The van der Waals surface area contributed by atoms with E-state index in [9.17, 15) is 14.4 Å². The van der Waals surface area contributed by atoms with Crippen LogP contribution in [0.15, 0.2) is 48.5 Å². The Morgan fingerprint density at radius 3 is 2.16 bits per heavy atom. The molecule has 0 saturated heterocycles. The number of benzene rings is 2. The third-order valence-corrected chi connectivity index (χ3v) is 4.34. The minimum Gasteiger partial charge on any atom is -0.497 e. The smallest absolute Gasteiger partial charge is 0.497 e. The highest BCUT2D eigenvalue weighted by Gasteiger charge is 2.08. The lowest BCUT2D eigenvalue weighted by molar-refractivity contribution is -0.121. The molecule has 0 aromatic heterocycles. The summed E-state index contributed by atoms with van der Waals surface area (Å²) >= 11 is 0. The highest BCUT2D eigenvalue weighted by atomic mass is 16.7. The lowest BCUT2D eigenvalue weighted by atomic mass is 10.1. The van der Waals surface area contributed by atoms with Gasteiger partial charge in [0.15, 0.2) is 0 Å². The van der Waals surface area contributed by atoms with Crippen LogP contribution in [0.5, 0.6) is 11.5 Å². The van der Waals surface area contributed by atoms with Gasteiger partial charge < -0.3 is 24.8 Å². The van der Waals surface area contributed by atoms with Gasteiger partial charge in [-0.05, 0) is 61.7 Å². The zero-order valence-electron chi connectivity index (χ0n) is 17.8. The number of ether oxygens (including phenoxy) is 3. The quantitative estimate of drug-likeness (QED) is 0.324. The largest absolute Gasteiger partial charge is 0.513 e. The van der Waals surface area contributed by atoms with E-state index in [1.54, 1.807) is 26.2 Å². The molecule has 0 unspecified atom stereocenters. The normalized spacial score (nSPS) is 10.1. The monoisotopic (exact) mass is 428 g/mol. The summed E-state index contributed by atoms with van der Waals surface area (Å²) in [5, 5.41) is 5.64. The molecule has 166 valence electrons. The Balaban J connectivity index is 1.60. The molecule has 2 amide bonds. The summed E-state index contributed by atoms with van der Waals surface area (Å²) in [4.78, 5) is 35.3. The molecule has 0 fully saturated rings. The molecular weight excluding hydrogens is 400 g/mol. The van der Waals surface area contributed by atoms with Crippen LogP contribution in [0.3, 0.4) is 0 Å². The summed E-state index contributed by atoms with van der Waals surface area (Å²) in [5.74, 6) is 0.816. The van der Waals surface area contributed by atoms with Gasteiger partial charge in [0.05, 0.1) is 13.7 Å². The van der Waals surface area contributed by atoms with Gasteiger partial charge in [0.1, 0.15) is 11.5 Å². The van der Waals surface area contributed by atoms with Crippen LogP contribution >= 0.6 is 0 Å². The SMILES string of the molecule is CCOC(=O)Oc1ccc(C(=O)NCCCNC(=O)CCc2ccc(OC)cc2)cc1. The maximum absolute atomic E-state index is 12.1. The van der Waals surface area contributed by atoms with E-state index in [-0.39, 0.29) is 18.4 Å². The number of carbonyl (C=O) groups excluding carboxylic acids is 3. The number of nitrogens with one attached hydrogen (secondary N) is 2. The molecule has 0 radical (unpaired) electrons. The number of carbonyl (C=O) groups is 3. The first-order chi connectivity index (χ1) is 15.0. The Bertz CT molecular complexity index is 849. The molecule has 0 aliphatic carbocycles. The van der Waals surface area contributed by atoms with Crippen molar-refractivity contribution in [2.45, 2.75) is 26.2 Å². The van der Waals surface area contributed by atoms with Gasteiger partial charge in [-0.2, -0.15) is 0 Å². The zero-order chi connectivity index (χ0) is 22.5. The van der Waals surface area contributed by atoms with E-state index in [4.69, 9.17) is 9.47 Å². The van der Waals surface area contributed by atoms with E-state index in [0.717, 1.165) is 11.3 Å². The minimum atomic E-state index is -0.786. The third kappa shape index (κ3) is 8.77. The molecule has 8 heteroatoms. The molecule has 2 N–H and O–H groups in total. The van der Waals surface area contributed by atoms with Crippen LogP contribution in [0.1, 0.15) is 35.7 Å². The number of amides is 2. The summed E-state index contributed by atoms with van der Waals surface area (Å²) < 4.78 is 14.7. The molecule has 8 nitrogen and oxygen atoms in total. The van der Waals surface area contributed by atoms with Crippen molar-refractivity contribution in [3.8, 4) is 11.5 Å². The summed E-state index contributed by atoms with van der Waals surface area (Å²) in [6.45, 7) is 2.82. The molecule has 0 heterocycles. The Hall–Kier alpha value is -3.55. The average molecular weight is 428 g/mol. The summed E-state index contributed by atoms with van der Waals surface area (Å²) in [7, 11) is 1.62. The maximum Gasteiger partial charge on any atom is 0.513 e. The standard InChI is InChI=1S/C23H28N2O6/c1-3-30-23(28)31-20-12-8-18(9-13-20)22(27)25-16-4-15-24-21(26)14-7-17-5-10-19(29-2)11-6-17/h5-6,8-13H,3-4,7,14-16H2,1-2H3,(H,24,26)(H,25,27). The first kappa shape index (κ1) is 23.7. The maximum atomic E-state index is 12.1. The van der Waals surface area contributed by atoms with Gasteiger partial charge in [-0.3, -0.25) is 9.59 Å². The number of hydrogen-bond acceptors (Lipinski definition) is 6. The fraction of sp³-hybridized carbons (Fsp3) is 0.348. The molecule has 0 saturated carbocycles. The van der Waals surface area contributed by atoms with Crippen molar-refractivity contribution in [1.82, 2.24) is 10.6 Å². The molecule has 2 aromatic carbocycles. The highest BCUT2D eigenvalue weighted by Crippen LogP contribution is 2.13. The average Bonchev–Trinajstić information content (AvgIpc) is 2.78. The number of aryl methyl sites for hydroxylation is 1. The summed E-state index contributed by atoms with van der Waals surface area (Å²) in [5.41, 5.74) is 1.52. The van der Waals surface area contributed by atoms with Crippen LogP contribution in [0.4, 0.5) is 4.79 Å². The van der Waals surface area contributed by atoms with Crippen LogP contribution in [0.2, 0.25) is 0 Å². The van der Waals surface area contributed by atoms with E-state index in [0.29, 0.717) is 43.7 Å². The lowest BCUT2D eigenvalue weighted by Gasteiger charge is -2.08. The van der Waals surface area contributed by atoms with E-state index >= 15 is 0 Å². The number of methoxy groups -OCH3 is 1. The fourth-order valence-corrected chi connectivity index (χ4v) is 2.68. The fourth-order valence-electron chi connectivity index (χ4n) is 2.68. The molecule has 0 aliphatic rings. The molecule has 2 aromatic rings. The van der Waals surface area contributed by atoms with Crippen molar-refractivity contribution in [2.24, 2.45) is 0 Å². The summed E-state index contributed by atoms with van der Waals surface area (Å²) in [6.07, 6.45) is 0.886. The lowest BCUT2D eigenvalue weighted by Crippen LogP contribution is -2.30. The number of rotatable bonds is 11. The van der Waals surface area contributed by atoms with Gasteiger partial charge >= 0.3 is 6.16 Å². The van der Waals surface area contributed by atoms with Crippen molar-refractivity contribution in [1.29, 1.82) is 0 Å². The molecule has 0 spiro atoms. The van der Waals surface area contributed by atoms with E-state index < -0.39 is 6.16 Å². The number of hydrogen-bond donors (Lipinski definition) is 2. The predicted octanol–water partition coefficient (Wildman–Crippen LogP) is 3.10. The Kier molecular flexibility index (Phi) is 9.87. The molecule has 31 heavy (non-hydrogen) atoms. The van der Waals surface area contributed by atoms with Crippen molar-refractivity contribution < 1.29 is 28.6 Å². The van der Waals surface area contributed by atoms with Crippen molar-refractivity contribution in [3.63, 3.8) is 0 Å². The first-order valence-electron chi connectivity index (χ1n) is 10.1.